The summed E-state index contributed by atoms with van der Waals surface area (Å²) in [6.45, 7) is 2.00. The standard InChI is InChI=1S/C22H26N8O2/c1-22(20(31)29(2)3)9-13(10-22)24-21-25-18-17(19(26-21)32-5)14(11-23-18)12-6-7-15-16(8-12)30(4)28-27-15/h6-8,11,13H,9-10H2,1-5H3,(H2,23,24,25,26)/t13-,22+. The van der Waals surface area contributed by atoms with Crippen molar-refractivity contribution >= 4 is 33.9 Å². The molecule has 0 saturated heterocycles. The fourth-order valence-corrected chi connectivity index (χ4v) is 4.67. The molecular formula is C22H26N8O2. The molecule has 1 saturated carbocycles. The number of hydrogen-bond acceptors (Lipinski definition) is 7. The molecule has 3 aromatic heterocycles. The average molecular weight is 435 g/mol. The number of aromatic amines is 1. The monoisotopic (exact) mass is 434 g/mol. The summed E-state index contributed by atoms with van der Waals surface area (Å²) in [5, 5.41) is 12.4. The first kappa shape index (κ1) is 20.2. The predicted octanol–water partition coefficient (Wildman–Crippen LogP) is 2.58. The van der Waals surface area contributed by atoms with Crippen LogP contribution in [0.1, 0.15) is 19.8 Å². The first-order valence-corrected chi connectivity index (χ1v) is 10.5. The van der Waals surface area contributed by atoms with Crippen molar-refractivity contribution in [3.05, 3.63) is 24.4 Å². The molecule has 0 aliphatic heterocycles. The number of amides is 1. The minimum atomic E-state index is -0.339. The SMILES string of the molecule is COc1nc(N[C@H]2C[C@@](C)(C(=O)N(C)C)C2)nc2[nH]cc(-c3ccc4nnn(C)c4c3)c12. The highest BCUT2D eigenvalue weighted by Gasteiger charge is 2.47. The zero-order chi connectivity index (χ0) is 22.6. The van der Waals surface area contributed by atoms with Gasteiger partial charge in [-0.3, -0.25) is 4.79 Å². The topological polar surface area (TPSA) is 114 Å². The maximum absolute atomic E-state index is 12.4. The van der Waals surface area contributed by atoms with Crippen LogP contribution < -0.4 is 10.1 Å². The molecule has 32 heavy (non-hydrogen) atoms. The molecule has 0 spiro atoms. The molecule has 1 amide bonds. The zero-order valence-electron chi connectivity index (χ0n) is 18.8. The highest BCUT2D eigenvalue weighted by atomic mass is 16.5. The van der Waals surface area contributed by atoms with Crippen molar-refractivity contribution in [2.75, 3.05) is 26.5 Å². The summed E-state index contributed by atoms with van der Waals surface area (Å²) in [5.74, 6) is 1.13. The fraction of sp³-hybridized carbons (Fsp3) is 0.409. The number of carbonyl (C=O) groups excluding carboxylic acids is 1. The van der Waals surface area contributed by atoms with Crippen LogP contribution in [0.2, 0.25) is 0 Å². The Morgan fingerprint density at radius 3 is 2.81 bits per heavy atom. The van der Waals surface area contributed by atoms with Crippen LogP contribution in [0.25, 0.3) is 33.2 Å². The number of methoxy groups -OCH3 is 1. The average Bonchev–Trinajstić information content (AvgIpc) is 3.34. The number of anilines is 1. The van der Waals surface area contributed by atoms with Crippen molar-refractivity contribution in [2.24, 2.45) is 12.5 Å². The molecule has 0 unspecified atom stereocenters. The molecule has 10 nitrogen and oxygen atoms in total. The number of aromatic nitrogens is 6. The minimum absolute atomic E-state index is 0.139. The quantitative estimate of drug-likeness (QED) is 0.496. The van der Waals surface area contributed by atoms with Gasteiger partial charge in [-0.05, 0) is 30.5 Å². The van der Waals surface area contributed by atoms with E-state index in [1.54, 1.807) is 30.8 Å². The van der Waals surface area contributed by atoms with Crippen LogP contribution in [-0.2, 0) is 11.8 Å². The van der Waals surface area contributed by atoms with E-state index in [0.717, 1.165) is 40.4 Å². The molecule has 1 fully saturated rings. The van der Waals surface area contributed by atoms with E-state index in [4.69, 9.17) is 4.74 Å². The summed E-state index contributed by atoms with van der Waals surface area (Å²) in [4.78, 5) is 26.6. The van der Waals surface area contributed by atoms with E-state index in [1.165, 1.54) is 0 Å². The third-order valence-electron chi connectivity index (χ3n) is 6.26. The molecule has 0 bridgehead atoms. The lowest BCUT2D eigenvalue weighted by molar-refractivity contribution is -0.143. The number of hydrogen-bond donors (Lipinski definition) is 2. The molecular weight excluding hydrogens is 408 g/mol. The Labute approximate surface area is 185 Å². The highest BCUT2D eigenvalue weighted by molar-refractivity contribution is 5.99. The number of benzene rings is 1. The molecule has 0 atom stereocenters. The van der Waals surface area contributed by atoms with Gasteiger partial charge in [0.15, 0.2) is 0 Å². The Balaban J connectivity index is 1.44. The van der Waals surface area contributed by atoms with Crippen LogP contribution in [0.3, 0.4) is 0 Å². The van der Waals surface area contributed by atoms with Gasteiger partial charge >= 0.3 is 0 Å². The predicted molar refractivity (Wildman–Crippen MR) is 121 cm³/mol. The summed E-state index contributed by atoms with van der Waals surface area (Å²) < 4.78 is 7.37. The summed E-state index contributed by atoms with van der Waals surface area (Å²) in [7, 11) is 7.06. The van der Waals surface area contributed by atoms with E-state index in [2.05, 4.69) is 30.6 Å². The zero-order valence-corrected chi connectivity index (χ0v) is 18.8. The number of carbonyl (C=O) groups is 1. The molecule has 166 valence electrons. The second-order valence-corrected chi connectivity index (χ2v) is 8.91. The van der Waals surface area contributed by atoms with Gasteiger partial charge in [0.25, 0.3) is 0 Å². The Morgan fingerprint density at radius 1 is 1.31 bits per heavy atom. The summed E-state index contributed by atoms with van der Waals surface area (Å²) in [6.07, 6.45) is 3.39. The lowest BCUT2D eigenvalue weighted by Crippen LogP contribution is -2.52. The summed E-state index contributed by atoms with van der Waals surface area (Å²) in [5.41, 5.74) is 4.06. The molecule has 2 N–H and O–H groups in total. The van der Waals surface area contributed by atoms with Gasteiger partial charge in [-0.2, -0.15) is 9.97 Å². The number of rotatable bonds is 5. The van der Waals surface area contributed by atoms with Crippen molar-refractivity contribution in [3.8, 4) is 17.0 Å². The Hall–Kier alpha value is -3.69. The maximum atomic E-state index is 12.4. The third kappa shape index (κ3) is 3.14. The van der Waals surface area contributed by atoms with E-state index in [0.29, 0.717) is 17.5 Å². The van der Waals surface area contributed by atoms with Gasteiger partial charge in [0.05, 0.1) is 23.4 Å². The van der Waals surface area contributed by atoms with Crippen molar-refractivity contribution in [1.29, 1.82) is 0 Å². The van der Waals surface area contributed by atoms with Crippen LogP contribution in [0.4, 0.5) is 5.95 Å². The van der Waals surface area contributed by atoms with Gasteiger partial charge in [-0.25, -0.2) is 4.68 Å². The number of nitrogens with one attached hydrogen (secondary N) is 2. The van der Waals surface area contributed by atoms with Crippen LogP contribution in [0, 0.1) is 5.41 Å². The number of H-pyrrole nitrogens is 1. The maximum Gasteiger partial charge on any atom is 0.228 e. The van der Waals surface area contributed by atoms with Gasteiger partial charge in [0, 0.05) is 38.9 Å². The highest BCUT2D eigenvalue weighted by Crippen LogP contribution is 2.43. The van der Waals surface area contributed by atoms with Gasteiger partial charge in [0.1, 0.15) is 11.2 Å². The normalized spacial score (nSPS) is 20.3. The number of nitrogens with zero attached hydrogens (tertiary/aromatic N) is 6. The van der Waals surface area contributed by atoms with Crippen molar-refractivity contribution in [1.82, 2.24) is 34.8 Å². The molecule has 5 rings (SSSR count). The van der Waals surface area contributed by atoms with Crippen molar-refractivity contribution in [3.63, 3.8) is 0 Å². The first-order chi connectivity index (χ1) is 15.3. The van der Waals surface area contributed by atoms with E-state index < -0.39 is 0 Å². The molecule has 1 aromatic carbocycles. The van der Waals surface area contributed by atoms with Gasteiger partial charge < -0.3 is 19.9 Å². The number of fused-ring (bicyclic) bond motifs is 2. The first-order valence-electron chi connectivity index (χ1n) is 10.5. The molecule has 1 aliphatic carbocycles. The Morgan fingerprint density at radius 2 is 2.09 bits per heavy atom. The van der Waals surface area contributed by atoms with Crippen LogP contribution in [0.5, 0.6) is 5.88 Å². The summed E-state index contributed by atoms with van der Waals surface area (Å²) >= 11 is 0. The largest absolute Gasteiger partial charge is 0.480 e. The van der Waals surface area contributed by atoms with E-state index in [9.17, 15) is 4.79 Å². The molecule has 3 heterocycles. The van der Waals surface area contributed by atoms with Crippen LogP contribution in [-0.4, -0.2) is 68.0 Å². The van der Waals surface area contributed by atoms with E-state index in [1.807, 2.05) is 38.4 Å². The fourth-order valence-electron chi connectivity index (χ4n) is 4.67. The Kier molecular flexibility index (Phi) is 4.54. The van der Waals surface area contributed by atoms with Crippen molar-refractivity contribution in [2.45, 2.75) is 25.8 Å². The lowest BCUT2D eigenvalue weighted by Gasteiger charge is -2.45. The Bertz CT molecular complexity index is 1330. The van der Waals surface area contributed by atoms with Gasteiger partial charge in [-0.1, -0.05) is 18.2 Å². The molecule has 10 heteroatoms. The number of ether oxygens (including phenoxy) is 1. The van der Waals surface area contributed by atoms with Gasteiger partial charge in [0.2, 0.25) is 17.7 Å². The molecule has 0 radical (unpaired) electrons. The van der Waals surface area contributed by atoms with E-state index >= 15 is 0 Å². The van der Waals surface area contributed by atoms with Crippen molar-refractivity contribution < 1.29 is 9.53 Å². The lowest BCUT2D eigenvalue weighted by atomic mass is 9.66. The third-order valence-corrected chi connectivity index (χ3v) is 6.26. The second-order valence-electron chi connectivity index (χ2n) is 8.91. The molecule has 1 aliphatic rings. The van der Waals surface area contributed by atoms with E-state index in [-0.39, 0.29) is 17.4 Å². The van der Waals surface area contributed by atoms with Gasteiger partial charge in [-0.15, -0.1) is 5.10 Å². The summed E-state index contributed by atoms with van der Waals surface area (Å²) in [6, 6.07) is 6.13. The smallest absolute Gasteiger partial charge is 0.228 e. The second kappa shape index (κ2) is 7.18. The van der Waals surface area contributed by atoms with Crippen LogP contribution in [0.15, 0.2) is 24.4 Å². The number of aryl methyl sites for hydroxylation is 1. The molecule has 4 aromatic rings. The van der Waals surface area contributed by atoms with Crippen LogP contribution >= 0.6 is 0 Å². The minimum Gasteiger partial charge on any atom is -0.480 e.